The van der Waals surface area contributed by atoms with E-state index >= 15 is 0 Å². The number of fused-ring (bicyclic) bond motifs is 6. The van der Waals surface area contributed by atoms with E-state index in [9.17, 15) is 0 Å². The number of pyridine rings is 1. The van der Waals surface area contributed by atoms with Crippen LogP contribution in [0.3, 0.4) is 0 Å². The Morgan fingerprint density at radius 1 is 0.227 bits per heavy atom. The molecule has 0 amide bonds. The Balaban J connectivity index is 1.08. The van der Waals surface area contributed by atoms with Gasteiger partial charge in [-0.3, -0.25) is 0 Å². The van der Waals surface area contributed by atoms with Gasteiger partial charge in [-0.1, -0.05) is 223 Å². The van der Waals surface area contributed by atoms with E-state index in [1.165, 1.54) is 21.9 Å². The van der Waals surface area contributed by atoms with Crippen molar-refractivity contribution in [2.75, 3.05) is 0 Å². The summed E-state index contributed by atoms with van der Waals surface area (Å²) >= 11 is 0. The SMILES string of the molecule is Cc1ccc2c(c1)c1cc(C)ccc1n2-c1cc(-c2nc(-c3ccccc3)cc(-c3ccccc3)n2)c(-n2c3ccc(-c4ccccc4)cc3c3cc(-c4cccc(-c5ccccc5)n4)ccc32)c(-c2nc(-c3ccccc3)cc(-c3ccccc3)n2)c1. The largest absolute Gasteiger partial charge is 0.309 e. The zero-order chi connectivity index (χ0) is 58.7. The van der Waals surface area contributed by atoms with Crippen LogP contribution >= 0.6 is 0 Å². The molecule has 7 heteroatoms. The van der Waals surface area contributed by atoms with Crippen LogP contribution < -0.4 is 0 Å². The molecule has 88 heavy (non-hydrogen) atoms. The predicted molar refractivity (Wildman–Crippen MR) is 362 cm³/mol. The highest BCUT2D eigenvalue weighted by molar-refractivity contribution is 6.14. The number of hydrogen-bond donors (Lipinski definition) is 0. The third-order valence-electron chi connectivity index (χ3n) is 16.9. The van der Waals surface area contributed by atoms with Gasteiger partial charge in [-0.2, -0.15) is 0 Å². The minimum atomic E-state index is 0.544. The molecule has 16 rings (SSSR count). The first-order chi connectivity index (χ1) is 43.4. The lowest BCUT2D eigenvalue weighted by Crippen LogP contribution is -2.08. The van der Waals surface area contributed by atoms with E-state index in [-0.39, 0.29) is 0 Å². The Bertz CT molecular complexity index is 4990. The zero-order valence-electron chi connectivity index (χ0n) is 48.4. The molecule has 5 heterocycles. The molecule has 0 fully saturated rings. The number of aryl methyl sites for hydroxylation is 2. The molecule has 11 aromatic carbocycles. The summed E-state index contributed by atoms with van der Waals surface area (Å²) in [5.74, 6) is 1.09. The Hall–Kier alpha value is -11.7. The molecule has 0 aliphatic rings. The van der Waals surface area contributed by atoms with Crippen molar-refractivity contribution in [3.63, 3.8) is 0 Å². The topological polar surface area (TPSA) is 74.3 Å². The second-order valence-corrected chi connectivity index (χ2v) is 22.6. The number of nitrogens with zero attached hydrogens (tertiary/aromatic N) is 7. The molecule has 0 atom stereocenters. The normalized spacial score (nSPS) is 11.5. The molecule has 0 N–H and O–H groups in total. The maximum Gasteiger partial charge on any atom is 0.162 e. The first-order valence-corrected chi connectivity index (χ1v) is 29.8. The Kier molecular flexibility index (Phi) is 12.8. The first kappa shape index (κ1) is 51.9. The lowest BCUT2D eigenvalue weighted by Gasteiger charge is -2.22. The third-order valence-corrected chi connectivity index (χ3v) is 16.9. The van der Waals surface area contributed by atoms with Gasteiger partial charge in [-0.05, 0) is 110 Å². The van der Waals surface area contributed by atoms with E-state index in [1.807, 2.05) is 30.3 Å². The van der Waals surface area contributed by atoms with Gasteiger partial charge in [0.15, 0.2) is 11.6 Å². The third kappa shape index (κ3) is 9.39. The van der Waals surface area contributed by atoms with E-state index in [0.717, 1.165) is 134 Å². The van der Waals surface area contributed by atoms with Crippen molar-refractivity contribution < 1.29 is 0 Å². The van der Waals surface area contributed by atoms with Crippen LogP contribution in [0, 0.1) is 13.8 Å². The van der Waals surface area contributed by atoms with Gasteiger partial charge in [0.1, 0.15) is 0 Å². The molecule has 5 aromatic heterocycles. The van der Waals surface area contributed by atoms with E-state index in [0.29, 0.717) is 11.6 Å². The van der Waals surface area contributed by atoms with Crippen molar-refractivity contribution in [2.45, 2.75) is 13.8 Å². The molecule has 0 unspecified atom stereocenters. The quantitative estimate of drug-likeness (QED) is 0.129. The van der Waals surface area contributed by atoms with Gasteiger partial charge in [-0.25, -0.2) is 24.9 Å². The van der Waals surface area contributed by atoms with Crippen LogP contribution in [0.4, 0.5) is 0 Å². The summed E-state index contributed by atoms with van der Waals surface area (Å²) in [6.07, 6.45) is 0. The summed E-state index contributed by atoms with van der Waals surface area (Å²) in [4.78, 5) is 28.2. The number of aromatic nitrogens is 7. The molecule has 0 aliphatic heterocycles. The maximum atomic E-state index is 5.72. The molecule has 7 nitrogen and oxygen atoms in total. The van der Waals surface area contributed by atoms with Crippen LogP contribution in [0.1, 0.15) is 11.1 Å². The highest BCUT2D eigenvalue weighted by atomic mass is 15.0. The van der Waals surface area contributed by atoms with Crippen molar-refractivity contribution in [2.24, 2.45) is 0 Å². The molecule has 0 saturated heterocycles. The highest BCUT2D eigenvalue weighted by Gasteiger charge is 2.28. The van der Waals surface area contributed by atoms with Crippen LogP contribution in [0.2, 0.25) is 0 Å². The second kappa shape index (κ2) is 21.8. The molecule has 0 spiro atoms. The summed E-state index contributed by atoms with van der Waals surface area (Å²) in [7, 11) is 0. The van der Waals surface area contributed by atoms with E-state index in [4.69, 9.17) is 24.9 Å². The van der Waals surface area contributed by atoms with Crippen LogP contribution in [0.25, 0.3) is 156 Å². The molecule has 0 radical (unpaired) electrons. The van der Waals surface area contributed by atoms with Crippen molar-refractivity contribution in [1.82, 2.24) is 34.1 Å². The van der Waals surface area contributed by atoms with Gasteiger partial charge in [0.05, 0.1) is 61.9 Å². The van der Waals surface area contributed by atoms with Crippen LogP contribution in [0.15, 0.2) is 297 Å². The van der Waals surface area contributed by atoms with Crippen molar-refractivity contribution >= 4 is 43.6 Å². The van der Waals surface area contributed by atoms with Gasteiger partial charge in [0.25, 0.3) is 0 Å². The highest BCUT2D eigenvalue weighted by Crippen LogP contribution is 2.46. The second-order valence-electron chi connectivity index (χ2n) is 22.6. The molecule has 16 aromatic rings. The fourth-order valence-corrected chi connectivity index (χ4v) is 12.6. The molecule has 0 aliphatic carbocycles. The Morgan fingerprint density at radius 2 is 0.557 bits per heavy atom. The van der Waals surface area contributed by atoms with Crippen LogP contribution in [0.5, 0.6) is 0 Å². The van der Waals surface area contributed by atoms with E-state index < -0.39 is 0 Å². The fourth-order valence-electron chi connectivity index (χ4n) is 12.6. The average molecular weight is 1130 g/mol. The summed E-state index contributed by atoms with van der Waals surface area (Å²) in [5, 5.41) is 4.47. The lowest BCUT2D eigenvalue weighted by molar-refractivity contribution is 1.10. The van der Waals surface area contributed by atoms with E-state index in [1.54, 1.807) is 0 Å². The fraction of sp³-hybridized carbons (Fsp3) is 0.0247. The minimum absolute atomic E-state index is 0.544. The smallest absolute Gasteiger partial charge is 0.162 e. The molecular weight excluding hydrogens is 1070 g/mol. The molecule has 0 bridgehead atoms. The predicted octanol–water partition coefficient (Wildman–Crippen LogP) is 20.5. The summed E-state index contributed by atoms with van der Waals surface area (Å²) in [6, 6.07) is 105. The summed E-state index contributed by atoms with van der Waals surface area (Å²) in [5.41, 5.74) is 23.0. The molecule has 0 saturated carbocycles. The van der Waals surface area contributed by atoms with Crippen LogP contribution in [-0.4, -0.2) is 34.1 Å². The number of benzene rings is 11. The maximum absolute atomic E-state index is 5.72. The monoisotopic (exact) mass is 1130 g/mol. The Morgan fingerprint density at radius 3 is 0.977 bits per heavy atom. The first-order valence-electron chi connectivity index (χ1n) is 29.8. The van der Waals surface area contributed by atoms with Crippen molar-refractivity contribution in [3.8, 4) is 113 Å². The zero-order valence-corrected chi connectivity index (χ0v) is 48.4. The number of hydrogen-bond acceptors (Lipinski definition) is 5. The average Bonchev–Trinajstić information content (AvgIpc) is 1.59. The van der Waals surface area contributed by atoms with Gasteiger partial charge >= 0.3 is 0 Å². The van der Waals surface area contributed by atoms with Crippen molar-refractivity contribution in [1.29, 1.82) is 0 Å². The van der Waals surface area contributed by atoms with Crippen molar-refractivity contribution in [3.05, 3.63) is 308 Å². The summed E-state index contributed by atoms with van der Waals surface area (Å²) in [6.45, 7) is 4.34. The summed E-state index contributed by atoms with van der Waals surface area (Å²) < 4.78 is 4.82. The Labute approximate surface area is 509 Å². The minimum Gasteiger partial charge on any atom is -0.309 e. The van der Waals surface area contributed by atoms with Gasteiger partial charge in [0.2, 0.25) is 0 Å². The van der Waals surface area contributed by atoms with Gasteiger partial charge in [-0.15, -0.1) is 0 Å². The molecular formula is C81H55N7. The number of rotatable bonds is 11. The van der Waals surface area contributed by atoms with Gasteiger partial charge < -0.3 is 9.13 Å². The standard InChI is InChI=1S/C81H55N7/c1-52-36-40-75-63(44-52)64-45-53(2)37-41-76(64)87(75)62-48-67(80-83-71(56-26-13-5-14-27-56)50-72(84-80)57-28-15-6-16-29-57)79(68(49-62)81-85-73(58-30-17-7-18-31-58)51-74(86-81)59-32-19-8-20-33-59)88-77-42-38-60(54-22-9-3-10-23-54)46-65(77)66-47-61(39-43-78(66)88)70-35-21-34-69(82-70)55-24-11-4-12-25-55/h3-51H,1-2H3. The lowest BCUT2D eigenvalue weighted by atomic mass is 10.00. The van der Waals surface area contributed by atoms with Gasteiger partial charge in [0, 0.05) is 71.7 Å². The van der Waals surface area contributed by atoms with Crippen LogP contribution in [-0.2, 0) is 0 Å². The molecule has 414 valence electrons. The van der Waals surface area contributed by atoms with E-state index in [2.05, 4.69) is 290 Å².